The van der Waals surface area contributed by atoms with Crippen LogP contribution >= 0.6 is 11.3 Å². The van der Waals surface area contributed by atoms with Crippen molar-refractivity contribution in [3.05, 3.63) is 21.4 Å². The van der Waals surface area contributed by atoms with Gasteiger partial charge in [0, 0.05) is 16.3 Å². The highest BCUT2D eigenvalue weighted by Crippen LogP contribution is 2.20. The summed E-state index contributed by atoms with van der Waals surface area (Å²) in [6, 6.07) is 2.31. The first-order valence-corrected chi connectivity index (χ1v) is 7.56. The van der Waals surface area contributed by atoms with Crippen molar-refractivity contribution in [2.24, 2.45) is 0 Å². The molecule has 0 bridgehead atoms. The molecule has 1 fully saturated rings. The summed E-state index contributed by atoms with van der Waals surface area (Å²) in [7, 11) is 0. The maximum atomic E-state index is 3.55. The molecule has 0 atom stereocenters. The third-order valence-corrected chi connectivity index (χ3v) is 4.70. The number of nitrogens with zero attached hydrogens (tertiary/aromatic N) is 1. The maximum Gasteiger partial charge on any atom is 0.0299 e. The highest BCUT2D eigenvalue weighted by atomic mass is 32.1. The molecule has 0 unspecified atom stereocenters. The van der Waals surface area contributed by atoms with Crippen LogP contribution in [0, 0.1) is 13.8 Å². The van der Waals surface area contributed by atoms with Gasteiger partial charge in [0.15, 0.2) is 0 Å². The highest BCUT2D eigenvalue weighted by molar-refractivity contribution is 7.12. The second kappa shape index (κ2) is 6.53. The lowest BCUT2D eigenvalue weighted by molar-refractivity contribution is 0.331. The molecule has 1 aromatic rings. The predicted octanol–water partition coefficient (Wildman–Crippen LogP) is 2.94. The minimum absolute atomic E-state index is 1.04. The summed E-state index contributed by atoms with van der Waals surface area (Å²) in [5.74, 6) is 0. The van der Waals surface area contributed by atoms with Gasteiger partial charge in [-0.05, 0) is 70.9 Å². The molecule has 96 valence electrons. The average Bonchev–Trinajstić information content (AvgIpc) is 2.90. The van der Waals surface area contributed by atoms with E-state index in [4.69, 9.17) is 0 Å². The van der Waals surface area contributed by atoms with Crippen molar-refractivity contribution in [3.63, 3.8) is 0 Å². The van der Waals surface area contributed by atoms with Gasteiger partial charge in [-0.3, -0.25) is 0 Å². The van der Waals surface area contributed by atoms with E-state index in [1.807, 2.05) is 11.3 Å². The SMILES string of the molecule is Cc1cc(CNCCCN2CCCC2)sc1C. The Morgan fingerprint density at radius 3 is 2.71 bits per heavy atom. The number of hydrogen-bond donors (Lipinski definition) is 1. The van der Waals surface area contributed by atoms with Gasteiger partial charge in [-0.15, -0.1) is 11.3 Å². The first-order chi connectivity index (χ1) is 8.25. The van der Waals surface area contributed by atoms with E-state index < -0.39 is 0 Å². The smallest absolute Gasteiger partial charge is 0.0299 e. The number of aryl methyl sites for hydroxylation is 2. The zero-order valence-electron chi connectivity index (χ0n) is 11.1. The van der Waals surface area contributed by atoms with Crippen molar-refractivity contribution in [2.75, 3.05) is 26.2 Å². The third kappa shape index (κ3) is 4.09. The highest BCUT2D eigenvalue weighted by Gasteiger charge is 2.09. The van der Waals surface area contributed by atoms with Crippen LogP contribution in [-0.4, -0.2) is 31.1 Å². The molecule has 0 aliphatic carbocycles. The van der Waals surface area contributed by atoms with Crippen LogP contribution in [0.2, 0.25) is 0 Å². The van der Waals surface area contributed by atoms with Crippen LogP contribution in [-0.2, 0) is 6.54 Å². The second-order valence-electron chi connectivity index (χ2n) is 5.03. The molecule has 1 saturated heterocycles. The molecule has 3 heteroatoms. The monoisotopic (exact) mass is 252 g/mol. The van der Waals surface area contributed by atoms with E-state index in [9.17, 15) is 0 Å². The van der Waals surface area contributed by atoms with Gasteiger partial charge in [0.2, 0.25) is 0 Å². The molecule has 2 nitrogen and oxygen atoms in total. The van der Waals surface area contributed by atoms with Gasteiger partial charge >= 0.3 is 0 Å². The van der Waals surface area contributed by atoms with Crippen LogP contribution in [0.3, 0.4) is 0 Å². The fraction of sp³-hybridized carbons (Fsp3) is 0.714. The summed E-state index contributed by atoms with van der Waals surface area (Å²) in [6.45, 7) is 10.5. The number of nitrogens with one attached hydrogen (secondary N) is 1. The lowest BCUT2D eigenvalue weighted by Gasteiger charge is -2.14. The molecular weight excluding hydrogens is 228 g/mol. The topological polar surface area (TPSA) is 15.3 Å². The standard InChI is InChI=1S/C14H24N2S/c1-12-10-14(17-13(12)2)11-15-6-5-9-16-7-3-4-8-16/h10,15H,3-9,11H2,1-2H3. The van der Waals surface area contributed by atoms with Crippen molar-refractivity contribution in [3.8, 4) is 0 Å². The first kappa shape index (κ1) is 13.1. The number of likely N-dealkylation sites (tertiary alicyclic amines) is 1. The van der Waals surface area contributed by atoms with Crippen LogP contribution in [0.25, 0.3) is 0 Å². The number of thiophene rings is 1. The van der Waals surface area contributed by atoms with E-state index in [2.05, 4.69) is 30.1 Å². The molecule has 17 heavy (non-hydrogen) atoms. The minimum Gasteiger partial charge on any atom is -0.312 e. The summed E-state index contributed by atoms with van der Waals surface area (Å²) in [5, 5.41) is 3.55. The number of hydrogen-bond acceptors (Lipinski definition) is 3. The molecule has 2 rings (SSSR count). The fourth-order valence-corrected chi connectivity index (χ4v) is 3.41. The Hall–Kier alpha value is -0.380. The predicted molar refractivity (Wildman–Crippen MR) is 75.8 cm³/mol. The molecule has 0 saturated carbocycles. The van der Waals surface area contributed by atoms with Crippen LogP contribution in [0.1, 0.15) is 34.6 Å². The molecule has 2 heterocycles. The molecule has 1 N–H and O–H groups in total. The van der Waals surface area contributed by atoms with Gasteiger partial charge in [-0.1, -0.05) is 0 Å². The minimum atomic E-state index is 1.04. The molecule has 0 radical (unpaired) electrons. The normalized spacial score (nSPS) is 16.8. The molecule has 1 aliphatic rings. The van der Waals surface area contributed by atoms with Crippen LogP contribution in [0.5, 0.6) is 0 Å². The zero-order valence-corrected chi connectivity index (χ0v) is 11.9. The summed E-state index contributed by atoms with van der Waals surface area (Å²) in [5.41, 5.74) is 1.43. The van der Waals surface area contributed by atoms with Crippen molar-refractivity contribution < 1.29 is 0 Å². The van der Waals surface area contributed by atoms with E-state index in [1.54, 1.807) is 0 Å². The molecule has 1 aliphatic heterocycles. The lowest BCUT2D eigenvalue weighted by Crippen LogP contribution is -2.24. The van der Waals surface area contributed by atoms with Crippen LogP contribution in [0.4, 0.5) is 0 Å². The number of rotatable bonds is 6. The van der Waals surface area contributed by atoms with Gasteiger partial charge in [0.25, 0.3) is 0 Å². The van der Waals surface area contributed by atoms with Gasteiger partial charge in [-0.2, -0.15) is 0 Å². The van der Waals surface area contributed by atoms with Gasteiger partial charge < -0.3 is 10.2 Å². The maximum absolute atomic E-state index is 3.55. The third-order valence-electron chi connectivity index (χ3n) is 3.54. The van der Waals surface area contributed by atoms with E-state index in [-0.39, 0.29) is 0 Å². The van der Waals surface area contributed by atoms with Crippen LogP contribution in [0.15, 0.2) is 6.07 Å². The van der Waals surface area contributed by atoms with E-state index in [1.165, 1.54) is 54.2 Å². The largest absolute Gasteiger partial charge is 0.312 e. The zero-order chi connectivity index (χ0) is 12.1. The Morgan fingerprint density at radius 1 is 1.29 bits per heavy atom. The quantitative estimate of drug-likeness (QED) is 0.783. The molecule has 1 aromatic heterocycles. The van der Waals surface area contributed by atoms with Crippen LogP contribution < -0.4 is 5.32 Å². The van der Waals surface area contributed by atoms with E-state index in [0.29, 0.717) is 0 Å². The molecular formula is C14H24N2S. The van der Waals surface area contributed by atoms with Gasteiger partial charge in [-0.25, -0.2) is 0 Å². The van der Waals surface area contributed by atoms with Crippen molar-refractivity contribution in [1.29, 1.82) is 0 Å². The Balaban J connectivity index is 1.56. The van der Waals surface area contributed by atoms with Crippen molar-refractivity contribution in [1.82, 2.24) is 10.2 Å². The van der Waals surface area contributed by atoms with Crippen molar-refractivity contribution >= 4 is 11.3 Å². The fourth-order valence-electron chi connectivity index (χ4n) is 2.38. The summed E-state index contributed by atoms with van der Waals surface area (Å²) in [4.78, 5) is 5.52. The summed E-state index contributed by atoms with van der Waals surface area (Å²) in [6.07, 6.45) is 4.09. The average molecular weight is 252 g/mol. The summed E-state index contributed by atoms with van der Waals surface area (Å²) < 4.78 is 0. The Morgan fingerprint density at radius 2 is 2.06 bits per heavy atom. The van der Waals surface area contributed by atoms with Gasteiger partial charge in [0.1, 0.15) is 0 Å². The summed E-state index contributed by atoms with van der Waals surface area (Å²) >= 11 is 1.92. The Bertz CT molecular complexity index is 320. The van der Waals surface area contributed by atoms with E-state index >= 15 is 0 Å². The second-order valence-corrected chi connectivity index (χ2v) is 6.37. The van der Waals surface area contributed by atoms with Gasteiger partial charge in [0.05, 0.1) is 0 Å². The Labute approximate surface area is 109 Å². The van der Waals surface area contributed by atoms with Crippen molar-refractivity contribution in [2.45, 2.75) is 39.7 Å². The molecule has 0 aromatic carbocycles. The first-order valence-electron chi connectivity index (χ1n) is 6.74. The van der Waals surface area contributed by atoms with E-state index in [0.717, 1.165) is 13.1 Å². The molecule has 0 amide bonds. The Kier molecular flexibility index (Phi) is 5.01. The lowest BCUT2D eigenvalue weighted by atomic mass is 10.3. The molecule has 0 spiro atoms.